The zero-order valence-electron chi connectivity index (χ0n) is 17.6. The van der Waals surface area contributed by atoms with Gasteiger partial charge in [-0.15, -0.1) is 0 Å². The molecule has 0 radical (unpaired) electrons. The molecule has 31 heavy (non-hydrogen) atoms. The molecule has 164 valence electrons. The lowest BCUT2D eigenvalue weighted by Gasteiger charge is -2.50. The Labute approximate surface area is 178 Å². The zero-order chi connectivity index (χ0) is 23.2. The van der Waals surface area contributed by atoms with Gasteiger partial charge in [0, 0.05) is 23.8 Å². The lowest BCUT2D eigenvalue weighted by atomic mass is 9.56. The lowest BCUT2D eigenvalue weighted by Crippen LogP contribution is -2.62. The fraction of sp³-hybridized carbons (Fsp3) is 0.435. The number of Topliss-reactive ketones (excluding diaryl/α,β-unsaturated/α-hetero) is 3. The van der Waals surface area contributed by atoms with Gasteiger partial charge in [-0.2, -0.15) is 0 Å². The van der Waals surface area contributed by atoms with Crippen LogP contribution < -0.4 is 0 Å². The number of fused-ring (bicyclic) bond motifs is 3. The Bertz CT molecular complexity index is 1140. The summed E-state index contributed by atoms with van der Waals surface area (Å²) in [4.78, 5) is 38.3. The van der Waals surface area contributed by atoms with Crippen LogP contribution in [0.2, 0.25) is 0 Å². The van der Waals surface area contributed by atoms with E-state index >= 15 is 0 Å². The number of benzene rings is 1. The van der Waals surface area contributed by atoms with E-state index in [1.165, 1.54) is 0 Å². The Hall–Kier alpha value is -2.97. The van der Waals surface area contributed by atoms with E-state index in [0.29, 0.717) is 11.1 Å². The van der Waals surface area contributed by atoms with Crippen LogP contribution >= 0.6 is 0 Å². The molecule has 0 fully saturated rings. The van der Waals surface area contributed by atoms with E-state index < -0.39 is 70.3 Å². The van der Waals surface area contributed by atoms with E-state index in [9.17, 15) is 39.9 Å². The van der Waals surface area contributed by atoms with Gasteiger partial charge in [0.05, 0.1) is 11.7 Å². The number of aliphatic hydroxyl groups is 4. The van der Waals surface area contributed by atoms with Gasteiger partial charge in [-0.1, -0.05) is 13.0 Å². The van der Waals surface area contributed by atoms with Crippen LogP contribution in [0.4, 0.5) is 0 Å². The topological polar surface area (TPSA) is 152 Å². The lowest BCUT2D eigenvalue weighted by molar-refractivity contribution is -0.154. The molecule has 5 N–H and O–H groups in total. The van der Waals surface area contributed by atoms with Crippen molar-refractivity contribution < 1.29 is 39.9 Å². The van der Waals surface area contributed by atoms with Gasteiger partial charge in [-0.3, -0.25) is 14.4 Å². The average Bonchev–Trinajstić information content (AvgIpc) is 2.69. The SMILES string of the molecule is CC(=O)C1=C(O)C[C@H]2[C@H](O)[C@@H]3C(=C(O)[C@@]2(O)C1=O)C(=O)c1c(cc(C)c(C)c1O)[C@H]3C. The number of carbonyl (C=O) groups excluding carboxylic acids is 3. The van der Waals surface area contributed by atoms with Crippen LogP contribution in [0.3, 0.4) is 0 Å². The van der Waals surface area contributed by atoms with E-state index in [2.05, 4.69) is 0 Å². The van der Waals surface area contributed by atoms with Crippen molar-refractivity contribution in [1.82, 2.24) is 0 Å². The van der Waals surface area contributed by atoms with Gasteiger partial charge < -0.3 is 25.5 Å². The molecule has 1 aromatic carbocycles. The minimum Gasteiger partial charge on any atom is -0.511 e. The van der Waals surface area contributed by atoms with Crippen molar-refractivity contribution in [3.05, 3.63) is 51.0 Å². The highest BCUT2D eigenvalue weighted by atomic mass is 16.4. The number of hydrogen-bond donors (Lipinski definition) is 5. The minimum absolute atomic E-state index is 0.0453. The molecule has 0 amide bonds. The molecule has 0 saturated heterocycles. The van der Waals surface area contributed by atoms with Crippen molar-refractivity contribution in [3.8, 4) is 5.75 Å². The van der Waals surface area contributed by atoms with Gasteiger partial charge in [0.25, 0.3) is 0 Å². The largest absolute Gasteiger partial charge is 0.511 e. The highest BCUT2D eigenvalue weighted by molar-refractivity contribution is 6.25. The van der Waals surface area contributed by atoms with E-state index in [0.717, 1.165) is 12.5 Å². The quantitative estimate of drug-likeness (QED) is 0.425. The van der Waals surface area contributed by atoms with Crippen LogP contribution in [0.25, 0.3) is 0 Å². The van der Waals surface area contributed by atoms with Gasteiger partial charge in [-0.05, 0) is 43.4 Å². The number of phenols is 1. The maximum Gasteiger partial charge on any atom is 0.209 e. The molecule has 5 atom stereocenters. The maximum absolute atomic E-state index is 13.4. The molecule has 3 aliphatic carbocycles. The summed E-state index contributed by atoms with van der Waals surface area (Å²) < 4.78 is 0. The molecule has 0 aromatic heterocycles. The number of carbonyl (C=O) groups is 3. The van der Waals surface area contributed by atoms with E-state index in [-0.39, 0.29) is 16.9 Å². The standard InChI is InChI=1S/C23H24O8/c1-7-5-11-9(3)14-17(20(28)16(11)18(26)8(7)2)22(30)23(31)12(19(14)27)6-13(25)15(10(4)24)21(23)29/h5,9,12,14,19,25-27,30-31H,6H2,1-4H3/t9-,12+,14+,19+,23+/m1/s1. The van der Waals surface area contributed by atoms with Crippen LogP contribution in [0.5, 0.6) is 5.75 Å². The molecule has 0 spiro atoms. The Morgan fingerprint density at radius 3 is 2.35 bits per heavy atom. The van der Waals surface area contributed by atoms with Gasteiger partial charge in [0.1, 0.15) is 22.8 Å². The van der Waals surface area contributed by atoms with Gasteiger partial charge in [0.15, 0.2) is 17.2 Å². The van der Waals surface area contributed by atoms with Crippen LogP contribution in [-0.4, -0.2) is 54.6 Å². The Balaban J connectivity index is 2.02. The third-order valence-electron chi connectivity index (χ3n) is 7.24. The van der Waals surface area contributed by atoms with E-state index in [4.69, 9.17) is 0 Å². The number of phenolic OH excluding ortho intramolecular Hbond substituents is 1. The highest BCUT2D eigenvalue weighted by Crippen LogP contribution is 2.55. The van der Waals surface area contributed by atoms with Crippen molar-refractivity contribution in [3.63, 3.8) is 0 Å². The molecule has 0 saturated carbocycles. The number of aromatic hydroxyl groups is 1. The number of allylic oxidation sites excluding steroid dienone is 1. The second kappa shape index (κ2) is 6.51. The van der Waals surface area contributed by atoms with Gasteiger partial charge >= 0.3 is 0 Å². The molecule has 4 rings (SSSR count). The predicted octanol–water partition coefficient (Wildman–Crippen LogP) is 1.83. The number of aliphatic hydroxyl groups excluding tert-OH is 3. The first-order valence-electron chi connectivity index (χ1n) is 10.0. The van der Waals surface area contributed by atoms with Crippen LogP contribution in [-0.2, 0) is 9.59 Å². The normalized spacial score (nSPS) is 32.6. The van der Waals surface area contributed by atoms with Crippen LogP contribution in [0, 0.1) is 25.7 Å². The van der Waals surface area contributed by atoms with Gasteiger partial charge in [0.2, 0.25) is 5.78 Å². The smallest absolute Gasteiger partial charge is 0.209 e. The van der Waals surface area contributed by atoms with Crippen molar-refractivity contribution in [1.29, 1.82) is 0 Å². The zero-order valence-corrected chi connectivity index (χ0v) is 17.6. The predicted molar refractivity (Wildman–Crippen MR) is 108 cm³/mol. The summed E-state index contributed by atoms with van der Waals surface area (Å²) in [5, 5.41) is 54.4. The Morgan fingerprint density at radius 1 is 1.16 bits per heavy atom. The summed E-state index contributed by atoms with van der Waals surface area (Å²) in [7, 11) is 0. The fourth-order valence-corrected chi connectivity index (χ4v) is 5.40. The van der Waals surface area contributed by atoms with E-state index in [1.54, 1.807) is 26.8 Å². The first kappa shape index (κ1) is 21.3. The molecule has 3 aliphatic rings. The second-order valence-electron chi connectivity index (χ2n) is 8.81. The third kappa shape index (κ3) is 2.46. The molecule has 0 bridgehead atoms. The molecule has 0 heterocycles. The summed E-state index contributed by atoms with van der Waals surface area (Å²) >= 11 is 0. The van der Waals surface area contributed by atoms with E-state index in [1.807, 2.05) is 0 Å². The first-order valence-corrected chi connectivity index (χ1v) is 10.0. The number of hydrogen-bond acceptors (Lipinski definition) is 8. The summed E-state index contributed by atoms with van der Waals surface area (Å²) in [6, 6.07) is 1.74. The monoisotopic (exact) mass is 428 g/mol. The summed E-state index contributed by atoms with van der Waals surface area (Å²) in [6.07, 6.45) is -1.90. The van der Waals surface area contributed by atoms with Crippen LogP contribution in [0.15, 0.2) is 28.7 Å². The van der Waals surface area contributed by atoms with Crippen molar-refractivity contribution in [2.45, 2.75) is 51.7 Å². The molecule has 0 unspecified atom stereocenters. The van der Waals surface area contributed by atoms with Crippen LogP contribution in [0.1, 0.15) is 53.2 Å². The van der Waals surface area contributed by atoms with Crippen molar-refractivity contribution in [2.75, 3.05) is 0 Å². The molecule has 8 nitrogen and oxygen atoms in total. The van der Waals surface area contributed by atoms with Gasteiger partial charge in [-0.25, -0.2) is 0 Å². The highest BCUT2D eigenvalue weighted by Gasteiger charge is 2.63. The molecule has 8 heteroatoms. The van der Waals surface area contributed by atoms with Crippen molar-refractivity contribution in [2.24, 2.45) is 11.8 Å². The first-order chi connectivity index (χ1) is 14.3. The molecular formula is C23H24O8. The Kier molecular flexibility index (Phi) is 4.47. The minimum atomic E-state index is -2.74. The number of aryl methyl sites for hydroxylation is 1. The average molecular weight is 428 g/mol. The number of rotatable bonds is 1. The Morgan fingerprint density at radius 2 is 1.77 bits per heavy atom. The summed E-state index contributed by atoms with van der Waals surface area (Å²) in [5.74, 6) is -7.51. The molecule has 0 aliphatic heterocycles. The van der Waals surface area contributed by atoms with Crippen molar-refractivity contribution >= 4 is 17.3 Å². The molecule has 1 aromatic rings. The third-order valence-corrected chi connectivity index (χ3v) is 7.24. The summed E-state index contributed by atoms with van der Waals surface area (Å²) in [5.41, 5.74) is -2.09. The maximum atomic E-state index is 13.4. The summed E-state index contributed by atoms with van der Waals surface area (Å²) in [6.45, 7) is 6.16. The fourth-order valence-electron chi connectivity index (χ4n) is 5.40. The second-order valence-corrected chi connectivity index (χ2v) is 8.81. The number of ketones is 3. The molecular weight excluding hydrogens is 404 g/mol.